The Morgan fingerprint density at radius 3 is 3.00 bits per heavy atom. The molecule has 19 heavy (non-hydrogen) atoms. The van der Waals surface area contributed by atoms with Gasteiger partial charge in [-0.15, -0.1) is 5.10 Å². The van der Waals surface area contributed by atoms with Crippen molar-refractivity contribution in [3.05, 3.63) is 11.9 Å². The predicted molar refractivity (Wildman–Crippen MR) is 71.1 cm³/mol. The molecule has 0 radical (unpaired) electrons. The van der Waals surface area contributed by atoms with Crippen LogP contribution in [0.3, 0.4) is 0 Å². The summed E-state index contributed by atoms with van der Waals surface area (Å²) in [7, 11) is 0. The summed E-state index contributed by atoms with van der Waals surface area (Å²) in [5.74, 6) is -1.02. The zero-order valence-corrected chi connectivity index (χ0v) is 11.5. The lowest BCUT2D eigenvalue weighted by Gasteiger charge is -2.35. The minimum atomic E-state index is -1.02. The van der Waals surface area contributed by atoms with Crippen LogP contribution in [0.15, 0.2) is 6.20 Å². The highest BCUT2D eigenvalue weighted by Gasteiger charge is 2.21. The van der Waals surface area contributed by atoms with Crippen molar-refractivity contribution < 1.29 is 9.90 Å². The average Bonchev–Trinajstić information content (AvgIpc) is 2.87. The number of rotatable bonds is 6. The molecule has 6 nitrogen and oxygen atoms in total. The highest BCUT2D eigenvalue weighted by molar-refractivity contribution is 5.84. The van der Waals surface area contributed by atoms with E-state index in [1.165, 1.54) is 38.3 Å². The lowest BCUT2D eigenvalue weighted by Crippen LogP contribution is -2.41. The largest absolute Gasteiger partial charge is 0.476 e. The Morgan fingerprint density at radius 1 is 1.47 bits per heavy atom. The Morgan fingerprint density at radius 2 is 2.32 bits per heavy atom. The molecule has 1 atom stereocenters. The van der Waals surface area contributed by atoms with Crippen LogP contribution in [0.4, 0.5) is 0 Å². The Bertz CT molecular complexity index is 417. The smallest absolute Gasteiger partial charge is 0.358 e. The van der Waals surface area contributed by atoms with E-state index in [2.05, 4.69) is 22.1 Å². The van der Waals surface area contributed by atoms with E-state index < -0.39 is 5.97 Å². The molecule has 1 saturated heterocycles. The summed E-state index contributed by atoms with van der Waals surface area (Å²) in [6.07, 6.45) is 7.84. The van der Waals surface area contributed by atoms with E-state index >= 15 is 0 Å². The second-order valence-electron chi connectivity index (χ2n) is 5.15. The van der Waals surface area contributed by atoms with Gasteiger partial charge in [-0.1, -0.05) is 25.0 Å². The molecule has 0 bridgehead atoms. The maximum Gasteiger partial charge on any atom is 0.358 e. The quantitative estimate of drug-likeness (QED) is 0.847. The zero-order chi connectivity index (χ0) is 13.7. The van der Waals surface area contributed by atoms with Crippen LogP contribution in [0.2, 0.25) is 0 Å². The Hall–Kier alpha value is -1.43. The van der Waals surface area contributed by atoms with Crippen LogP contribution in [-0.4, -0.2) is 50.1 Å². The molecule has 0 saturated carbocycles. The van der Waals surface area contributed by atoms with E-state index in [1.54, 1.807) is 4.68 Å². The molecule has 2 rings (SSSR count). The minimum absolute atomic E-state index is 0.0174. The summed E-state index contributed by atoms with van der Waals surface area (Å²) in [6.45, 7) is 5.00. The molecule has 6 heteroatoms. The molecule has 1 unspecified atom stereocenters. The van der Waals surface area contributed by atoms with Gasteiger partial charge in [-0.05, 0) is 25.8 Å². The second kappa shape index (κ2) is 6.65. The third-order valence-electron chi connectivity index (χ3n) is 3.75. The van der Waals surface area contributed by atoms with Gasteiger partial charge in [-0.2, -0.15) is 0 Å². The van der Waals surface area contributed by atoms with Crippen molar-refractivity contribution in [3.8, 4) is 0 Å². The number of likely N-dealkylation sites (tertiary alicyclic amines) is 1. The molecular weight excluding hydrogens is 244 g/mol. The first kappa shape index (κ1) is 14.0. The number of aromatic carboxylic acids is 1. The third-order valence-corrected chi connectivity index (χ3v) is 3.75. The molecule has 0 aromatic carbocycles. The summed E-state index contributed by atoms with van der Waals surface area (Å²) in [5.41, 5.74) is 0.0174. The Kier molecular flexibility index (Phi) is 4.90. The summed E-state index contributed by atoms with van der Waals surface area (Å²) < 4.78 is 1.63. The van der Waals surface area contributed by atoms with E-state index in [9.17, 15) is 4.79 Å². The van der Waals surface area contributed by atoms with Gasteiger partial charge in [0.15, 0.2) is 5.69 Å². The fourth-order valence-electron chi connectivity index (χ4n) is 2.75. The molecular formula is C13H22N4O2. The SMILES string of the molecule is CCCC1CCCCN1CCn1cc(C(=O)O)nn1. The van der Waals surface area contributed by atoms with Crippen molar-refractivity contribution >= 4 is 5.97 Å². The van der Waals surface area contributed by atoms with Gasteiger partial charge in [0.05, 0.1) is 12.7 Å². The lowest BCUT2D eigenvalue weighted by molar-refractivity contribution is 0.0690. The number of carboxylic acids is 1. The number of carbonyl (C=O) groups is 1. The molecule has 1 fully saturated rings. The highest BCUT2D eigenvalue weighted by atomic mass is 16.4. The summed E-state index contributed by atoms with van der Waals surface area (Å²) in [6, 6.07) is 0.682. The number of hydrogen-bond donors (Lipinski definition) is 1. The first-order valence-corrected chi connectivity index (χ1v) is 7.08. The van der Waals surface area contributed by atoms with Crippen LogP contribution in [0.1, 0.15) is 49.5 Å². The van der Waals surface area contributed by atoms with E-state index in [4.69, 9.17) is 5.11 Å². The lowest BCUT2D eigenvalue weighted by atomic mass is 9.98. The van der Waals surface area contributed by atoms with E-state index in [1.807, 2.05) is 0 Å². The van der Waals surface area contributed by atoms with Crippen LogP contribution >= 0.6 is 0 Å². The van der Waals surface area contributed by atoms with Crippen molar-refractivity contribution in [2.45, 2.75) is 51.6 Å². The first-order chi connectivity index (χ1) is 9.20. The summed E-state index contributed by atoms with van der Waals surface area (Å²) in [4.78, 5) is 13.2. The van der Waals surface area contributed by atoms with Gasteiger partial charge in [0.1, 0.15) is 0 Å². The molecule has 1 aromatic heterocycles. The van der Waals surface area contributed by atoms with Crippen LogP contribution in [0.25, 0.3) is 0 Å². The van der Waals surface area contributed by atoms with Crippen LogP contribution in [0.5, 0.6) is 0 Å². The summed E-state index contributed by atoms with van der Waals surface area (Å²) >= 11 is 0. The standard InChI is InChI=1S/C13H22N4O2/c1-2-5-11-6-3-4-7-16(11)8-9-17-10-12(13(18)19)14-15-17/h10-11H,2-9H2,1H3,(H,18,19). The molecule has 1 aliphatic heterocycles. The molecule has 1 N–H and O–H groups in total. The average molecular weight is 266 g/mol. The van der Waals surface area contributed by atoms with Crippen LogP contribution in [0, 0.1) is 0 Å². The van der Waals surface area contributed by atoms with Gasteiger partial charge in [0, 0.05) is 12.6 Å². The predicted octanol–water partition coefficient (Wildman–Crippen LogP) is 1.63. The zero-order valence-electron chi connectivity index (χ0n) is 11.5. The number of hydrogen-bond acceptors (Lipinski definition) is 4. The first-order valence-electron chi connectivity index (χ1n) is 7.08. The monoisotopic (exact) mass is 266 g/mol. The number of piperidine rings is 1. The molecule has 1 aromatic rings. The van der Waals surface area contributed by atoms with E-state index in [0.717, 1.165) is 13.1 Å². The van der Waals surface area contributed by atoms with E-state index in [-0.39, 0.29) is 5.69 Å². The van der Waals surface area contributed by atoms with Gasteiger partial charge >= 0.3 is 5.97 Å². The van der Waals surface area contributed by atoms with Gasteiger partial charge in [-0.3, -0.25) is 9.58 Å². The molecule has 106 valence electrons. The Balaban J connectivity index is 1.87. The van der Waals surface area contributed by atoms with Crippen LogP contribution < -0.4 is 0 Å². The van der Waals surface area contributed by atoms with Crippen molar-refractivity contribution in [2.75, 3.05) is 13.1 Å². The second-order valence-corrected chi connectivity index (χ2v) is 5.15. The topological polar surface area (TPSA) is 71.2 Å². The maximum absolute atomic E-state index is 10.7. The normalized spacial score (nSPS) is 20.6. The third kappa shape index (κ3) is 3.76. The van der Waals surface area contributed by atoms with Gasteiger partial charge in [0.2, 0.25) is 0 Å². The maximum atomic E-state index is 10.7. The molecule has 0 aliphatic carbocycles. The van der Waals surface area contributed by atoms with Crippen molar-refractivity contribution in [1.82, 2.24) is 19.9 Å². The Labute approximate surface area is 113 Å². The number of nitrogens with zero attached hydrogens (tertiary/aromatic N) is 4. The minimum Gasteiger partial charge on any atom is -0.476 e. The van der Waals surface area contributed by atoms with Crippen molar-refractivity contribution in [1.29, 1.82) is 0 Å². The van der Waals surface area contributed by atoms with Gasteiger partial charge in [-0.25, -0.2) is 4.79 Å². The van der Waals surface area contributed by atoms with Crippen LogP contribution in [-0.2, 0) is 6.54 Å². The highest BCUT2D eigenvalue weighted by Crippen LogP contribution is 2.20. The fourth-order valence-corrected chi connectivity index (χ4v) is 2.75. The van der Waals surface area contributed by atoms with Crippen molar-refractivity contribution in [2.24, 2.45) is 0 Å². The fraction of sp³-hybridized carbons (Fsp3) is 0.769. The molecule has 2 heterocycles. The van der Waals surface area contributed by atoms with Gasteiger partial charge in [0.25, 0.3) is 0 Å². The van der Waals surface area contributed by atoms with Gasteiger partial charge < -0.3 is 5.11 Å². The molecule has 0 spiro atoms. The molecule has 0 amide bonds. The van der Waals surface area contributed by atoms with Crippen molar-refractivity contribution in [3.63, 3.8) is 0 Å². The number of aromatic nitrogens is 3. The number of carboxylic acid groups (broad SMARTS) is 1. The summed E-state index contributed by atoms with van der Waals surface area (Å²) in [5, 5.41) is 16.3. The molecule has 1 aliphatic rings. The van der Waals surface area contributed by atoms with E-state index in [0.29, 0.717) is 12.6 Å².